The Hall–Kier alpha value is -2.80. The van der Waals surface area contributed by atoms with Crippen LogP contribution in [0.3, 0.4) is 0 Å². The first kappa shape index (κ1) is 19.2. The Morgan fingerprint density at radius 1 is 1.10 bits per heavy atom. The summed E-state index contributed by atoms with van der Waals surface area (Å²) < 4.78 is 6.90. The van der Waals surface area contributed by atoms with Gasteiger partial charge in [-0.05, 0) is 38.3 Å². The van der Waals surface area contributed by atoms with Gasteiger partial charge in [0.1, 0.15) is 0 Å². The van der Waals surface area contributed by atoms with Gasteiger partial charge in [-0.25, -0.2) is 4.79 Å². The third-order valence-electron chi connectivity index (χ3n) is 6.54. The van der Waals surface area contributed by atoms with Gasteiger partial charge in [0.05, 0.1) is 6.54 Å². The van der Waals surface area contributed by atoms with E-state index < -0.39 is 5.69 Å². The summed E-state index contributed by atoms with van der Waals surface area (Å²) in [5, 5.41) is 0.532. The summed E-state index contributed by atoms with van der Waals surface area (Å²) in [4.78, 5) is 31.3. The molecule has 0 radical (unpaired) electrons. The van der Waals surface area contributed by atoms with Crippen molar-refractivity contribution in [3.63, 3.8) is 0 Å². The van der Waals surface area contributed by atoms with E-state index in [1.165, 1.54) is 22.0 Å². The second-order valence-corrected chi connectivity index (χ2v) is 8.63. The molecule has 0 amide bonds. The molecule has 1 aliphatic carbocycles. The van der Waals surface area contributed by atoms with E-state index in [2.05, 4.69) is 11.5 Å². The summed E-state index contributed by atoms with van der Waals surface area (Å²) in [7, 11) is 1.67. The van der Waals surface area contributed by atoms with Crippen LogP contribution < -0.4 is 11.2 Å². The van der Waals surface area contributed by atoms with Crippen LogP contribution in [-0.4, -0.2) is 23.1 Å². The largest absolute Gasteiger partial charge is 0.332 e. The molecule has 0 aliphatic heterocycles. The molecule has 4 aromatic rings. The fourth-order valence-electron chi connectivity index (χ4n) is 4.81. The molecule has 1 aliphatic rings. The highest BCUT2D eigenvalue weighted by molar-refractivity contribution is 6.31. The first-order valence-electron chi connectivity index (χ1n) is 10.3. The number of imidazole rings is 2. The zero-order chi connectivity index (χ0) is 21.2. The minimum atomic E-state index is -0.394. The van der Waals surface area contributed by atoms with Crippen LogP contribution >= 0.6 is 11.6 Å². The Morgan fingerprint density at radius 2 is 1.80 bits per heavy atom. The number of aromatic nitrogens is 5. The van der Waals surface area contributed by atoms with Gasteiger partial charge >= 0.3 is 5.69 Å². The Balaban J connectivity index is 1.82. The average Bonchev–Trinajstić information content (AvgIpc) is 3.43. The molecule has 8 heteroatoms. The van der Waals surface area contributed by atoms with E-state index in [9.17, 15) is 9.59 Å². The van der Waals surface area contributed by atoms with Gasteiger partial charge in [0.15, 0.2) is 11.2 Å². The molecule has 0 unspecified atom stereocenters. The zero-order valence-electron chi connectivity index (χ0n) is 17.4. The molecule has 3 heterocycles. The van der Waals surface area contributed by atoms with Crippen molar-refractivity contribution in [2.45, 2.75) is 52.1 Å². The number of nitrogens with zero attached hydrogens (tertiary/aromatic N) is 5. The van der Waals surface area contributed by atoms with Crippen LogP contribution in [0.15, 0.2) is 33.9 Å². The van der Waals surface area contributed by atoms with E-state index in [0.717, 1.165) is 35.6 Å². The molecule has 3 aromatic heterocycles. The maximum Gasteiger partial charge on any atom is 0.332 e. The van der Waals surface area contributed by atoms with Crippen molar-refractivity contribution in [2.75, 3.05) is 0 Å². The summed E-state index contributed by atoms with van der Waals surface area (Å²) >= 11 is 6.29. The Morgan fingerprint density at radius 3 is 2.50 bits per heavy atom. The van der Waals surface area contributed by atoms with Gasteiger partial charge in [0.25, 0.3) is 5.56 Å². The van der Waals surface area contributed by atoms with Crippen molar-refractivity contribution in [2.24, 2.45) is 7.05 Å². The third-order valence-corrected chi connectivity index (χ3v) is 6.91. The van der Waals surface area contributed by atoms with Crippen molar-refractivity contribution in [3.8, 4) is 0 Å². The smallest absolute Gasteiger partial charge is 0.311 e. The number of hydrogen-bond acceptors (Lipinski definition) is 3. The number of aryl methyl sites for hydroxylation is 2. The number of hydrogen-bond donors (Lipinski definition) is 0. The van der Waals surface area contributed by atoms with Crippen molar-refractivity contribution in [3.05, 3.63) is 67.1 Å². The summed E-state index contributed by atoms with van der Waals surface area (Å²) in [6.45, 7) is 4.21. The lowest BCUT2D eigenvalue weighted by molar-refractivity contribution is 0.520. The van der Waals surface area contributed by atoms with Crippen molar-refractivity contribution in [1.29, 1.82) is 0 Å². The van der Waals surface area contributed by atoms with Crippen LogP contribution in [0.4, 0.5) is 0 Å². The van der Waals surface area contributed by atoms with Gasteiger partial charge in [-0.3, -0.25) is 18.3 Å². The summed E-state index contributed by atoms with van der Waals surface area (Å²) in [6.07, 6.45) is 4.64. The fraction of sp³-hybridized carbons (Fsp3) is 0.409. The molecule has 0 atom stereocenters. The Bertz CT molecular complexity index is 1420. The maximum atomic E-state index is 13.5. The molecule has 30 heavy (non-hydrogen) atoms. The molecule has 156 valence electrons. The topological polar surface area (TPSA) is 66.2 Å². The zero-order valence-corrected chi connectivity index (χ0v) is 18.1. The number of benzene rings is 1. The van der Waals surface area contributed by atoms with Crippen LogP contribution in [-0.2, 0) is 13.6 Å². The van der Waals surface area contributed by atoms with E-state index in [1.54, 1.807) is 13.1 Å². The van der Waals surface area contributed by atoms with Crippen LogP contribution in [0.1, 0.15) is 48.7 Å². The molecule has 5 rings (SSSR count). The molecule has 0 spiro atoms. The standard InChI is InChI=1S/C22H24ClN5O2/c1-13-14(2)28-18-19(24-21(28)27(13)16-9-5-6-10-16)25(3)22(30)26(20(18)29)12-15-8-4-7-11-17(15)23/h4,7-8,11,16H,5-6,9-10,12H2,1-3H3. The summed E-state index contributed by atoms with van der Waals surface area (Å²) in [5.41, 5.74) is 2.97. The third kappa shape index (κ3) is 2.61. The minimum absolute atomic E-state index is 0.121. The second-order valence-electron chi connectivity index (χ2n) is 8.22. The first-order valence-corrected chi connectivity index (χ1v) is 10.7. The summed E-state index contributed by atoms with van der Waals surface area (Å²) in [5.74, 6) is 0.745. The van der Waals surface area contributed by atoms with Crippen LogP contribution in [0.5, 0.6) is 0 Å². The van der Waals surface area contributed by atoms with Gasteiger partial charge in [-0.15, -0.1) is 0 Å². The normalized spacial score (nSPS) is 15.1. The van der Waals surface area contributed by atoms with E-state index in [1.807, 2.05) is 29.5 Å². The quantitative estimate of drug-likeness (QED) is 0.504. The fourth-order valence-corrected chi connectivity index (χ4v) is 5.01. The highest BCUT2D eigenvalue weighted by Gasteiger charge is 2.27. The molecule has 1 fully saturated rings. The lowest BCUT2D eigenvalue weighted by Crippen LogP contribution is -2.39. The lowest BCUT2D eigenvalue weighted by atomic mass is 10.2. The second kappa shape index (κ2) is 6.87. The molecule has 1 aromatic carbocycles. The Labute approximate surface area is 178 Å². The molecule has 0 N–H and O–H groups in total. The van der Waals surface area contributed by atoms with E-state index in [-0.39, 0.29) is 12.1 Å². The molecular formula is C22H24ClN5O2. The van der Waals surface area contributed by atoms with Gasteiger partial charge in [-0.2, -0.15) is 4.98 Å². The average molecular weight is 426 g/mol. The molecule has 7 nitrogen and oxygen atoms in total. The summed E-state index contributed by atoms with van der Waals surface area (Å²) in [6, 6.07) is 7.66. The van der Waals surface area contributed by atoms with E-state index >= 15 is 0 Å². The monoisotopic (exact) mass is 425 g/mol. The highest BCUT2D eigenvalue weighted by Crippen LogP contribution is 2.34. The highest BCUT2D eigenvalue weighted by atomic mass is 35.5. The maximum absolute atomic E-state index is 13.5. The van der Waals surface area contributed by atoms with Gasteiger partial charge in [0.2, 0.25) is 5.78 Å². The minimum Gasteiger partial charge on any atom is -0.311 e. The Kier molecular flexibility index (Phi) is 4.39. The molecular weight excluding hydrogens is 402 g/mol. The van der Waals surface area contributed by atoms with Crippen LogP contribution in [0.25, 0.3) is 16.9 Å². The van der Waals surface area contributed by atoms with Crippen molar-refractivity contribution in [1.82, 2.24) is 23.1 Å². The number of halogens is 1. The van der Waals surface area contributed by atoms with E-state index in [4.69, 9.17) is 16.6 Å². The lowest BCUT2D eigenvalue weighted by Gasteiger charge is -2.13. The van der Waals surface area contributed by atoms with Crippen molar-refractivity contribution < 1.29 is 0 Å². The van der Waals surface area contributed by atoms with Gasteiger partial charge < -0.3 is 4.57 Å². The molecule has 1 saturated carbocycles. The predicted octanol–water partition coefficient (Wildman–Crippen LogP) is 3.58. The predicted molar refractivity (Wildman–Crippen MR) is 118 cm³/mol. The van der Waals surface area contributed by atoms with Crippen LogP contribution in [0.2, 0.25) is 5.02 Å². The SMILES string of the molecule is Cc1c(C)n2c3c(=O)n(Cc4ccccc4Cl)c(=O)n(C)c3nc2n1C1CCCC1. The van der Waals surface area contributed by atoms with E-state index in [0.29, 0.717) is 22.2 Å². The number of fused-ring (bicyclic) bond motifs is 3. The molecule has 0 bridgehead atoms. The van der Waals surface area contributed by atoms with Crippen LogP contribution in [0, 0.1) is 13.8 Å². The van der Waals surface area contributed by atoms with Crippen molar-refractivity contribution >= 4 is 28.5 Å². The first-order chi connectivity index (χ1) is 14.4. The van der Waals surface area contributed by atoms with Gasteiger partial charge in [0, 0.05) is 29.5 Å². The van der Waals surface area contributed by atoms with Gasteiger partial charge in [-0.1, -0.05) is 42.6 Å². The number of rotatable bonds is 3. The molecule has 0 saturated heterocycles.